The van der Waals surface area contributed by atoms with Crippen LogP contribution in [0.25, 0.3) is 64.7 Å². The van der Waals surface area contributed by atoms with Gasteiger partial charge < -0.3 is 14.7 Å². The van der Waals surface area contributed by atoms with Crippen molar-refractivity contribution in [3.8, 4) is 22.3 Å². The van der Waals surface area contributed by atoms with Gasteiger partial charge in [-0.1, -0.05) is 246 Å². The first kappa shape index (κ1) is 57.4. The Morgan fingerprint density at radius 3 is 1.45 bits per heavy atom. The minimum Gasteiger partial charge on any atom is -0.310 e. The lowest BCUT2D eigenvalue weighted by Gasteiger charge is -2.35. The zero-order valence-corrected chi connectivity index (χ0v) is 53.8. The Hall–Kier alpha value is -8.67. The first-order valence-electron chi connectivity index (χ1n) is 30.6. The maximum atomic E-state index is 8.64. The number of benzene rings is 12. The molecule has 3 nitrogen and oxygen atoms in total. The largest absolute Gasteiger partial charge is 0.310 e. The zero-order chi connectivity index (χ0) is 60.7. The number of hydrogen-bond acceptors (Lipinski definition) is 4. The molecule has 0 fully saturated rings. The van der Waals surface area contributed by atoms with Crippen molar-refractivity contribution in [2.24, 2.45) is 0 Å². The molecule has 0 unspecified atom stereocenters. The van der Waals surface area contributed by atoms with Crippen LogP contribution in [0.15, 0.2) is 242 Å². The number of anilines is 9. The molecule has 0 radical (unpaired) electrons. The molecular formula is C82H76ClN3S. The molecule has 87 heavy (non-hydrogen) atoms. The second-order valence-corrected chi connectivity index (χ2v) is 28.9. The molecule has 1 aromatic heterocycles. The minimum atomic E-state index is -0.310. The van der Waals surface area contributed by atoms with Crippen molar-refractivity contribution >= 4 is 117 Å². The molecule has 0 spiro atoms. The second-order valence-electron chi connectivity index (χ2n) is 27.7. The topological polar surface area (TPSA) is 9.72 Å². The molecule has 0 atom stereocenters. The van der Waals surface area contributed by atoms with Gasteiger partial charge in [-0.15, -0.1) is 11.3 Å². The van der Waals surface area contributed by atoms with Gasteiger partial charge in [-0.3, -0.25) is 0 Å². The van der Waals surface area contributed by atoms with E-state index >= 15 is 0 Å². The lowest BCUT2D eigenvalue weighted by atomic mass is 9.83. The minimum absolute atomic E-state index is 0.0410. The van der Waals surface area contributed by atoms with Crippen LogP contribution in [0, 0.1) is 0 Å². The average Bonchev–Trinajstić information content (AvgIpc) is 1.47. The molecule has 0 saturated heterocycles. The third-order valence-corrected chi connectivity index (χ3v) is 18.9. The van der Waals surface area contributed by atoms with Crippen LogP contribution in [0.4, 0.5) is 51.2 Å². The number of thiophene rings is 1. The molecule has 0 bridgehead atoms. The molecule has 432 valence electrons. The fourth-order valence-corrected chi connectivity index (χ4v) is 13.8. The molecular weight excluding hydrogens is 1090 g/mol. The highest BCUT2D eigenvalue weighted by Gasteiger charge is 2.32. The highest BCUT2D eigenvalue weighted by Crippen LogP contribution is 2.55. The molecule has 0 aliphatic carbocycles. The van der Waals surface area contributed by atoms with Crippen molar-refractivity contribution in [3.05, 3.63) is 269 Å². The monoisotopic (exact) mass is 1170 g/mol. The Balaban J connectivity index is 1.14. The van der Waals surface area contributed by atoms with Crippen molar-refractivity contribution in [1.29, 1.82) is 0 Å². The average molecular weight is 1170 g/mol. The SMILES string of the molecule is CC(C)(C)c1ccc(N(c2cc(C(C)(C)C)cc(N(c3cccc(N(c4ccccc4)c4ccccc4-c4ccccc4)c3)c3ccc(C(C)(C)C)cc3-c3ccc4ccc5cccc6ccc3c4c56)c2Cl)c2csc3ccc(C(C)(C)C)cc23)cc1. The van der Waals surface area contributed by atoms with Crippen LogP contribution in [0.5, 0.6) is 0 Å². The first-order valence-corrected chi connectivity index (χ1v) is 31.8. The molecule has 0 amide bonds. The highest BCUT2D eigenvalue weighted by atomic mass is 35.5. The Bertz CT molecular complexity index is 4670. The molecule has 0 N–H and O–H groups in total. The van der Waals surface area contributed by atoms with Crippen LogP contribution in [0.1, 0.15) is 105 Å². The Morgan fingerprint density at radius 2 is 0.793 bits per heavy atom. The smallest absolute Gasteiger partial charge is 0.0887 e. The third-order valence-electron chi connectivity index (χ3n) is 17.5. The Morgan fingerprint density at radius 1 is 0.299 bits per heavy atom. The van der Waals surface area contributed by atoms with Gasteiger partial charge in [-0.05, 0) is 172 Å². The van der Waals surface area contributed by atoms with Crippen molar-refractivity contribution in [3.63, 3.8) is 0 Å². The number of nitrogens with zero attached hydrogens (tertiary/aromatic N) is 3. The van der Waals surface area contributed by atoms with E-state index in [4.69, 9.17) is 11.6 Å². The molecule has 0 aliphatic heterocycles. The van der Waals surface area contributed by atoms with E-state index in [1.807, 2.05) is 0 Å². The Kier molecular flexibility index (Phi) is 14.5. The van der Waals surface area contributed by atoms with Crippen LogP contribution in [0.2, 0.25) is 5.02 Å². The van der Waals surface area contributed by atoms with Gasteiger partial charge in [-0.25, -0.2) is 0 Å². The van der Waals surface area contributed by atoms with E-state index in [2.05, 4.69) is 340 Å². The third kappa shape index (κ3) is 10.7. The molecule has 13 aromatic rings. The fourth-order valence-electron chi connectivity index (χ4n) is 12.6. The number of hydrogen-bond donors (Lipinski definition) is 0. The van der Waals surface area contributed by atoms with Crippen LogP contribution in [-0.2, 0) is 21.7 Å². The van der Waals surface area contributed by atoms with E-state index < -0.39 is 0 Å². The van der Waals surface area contributed by atoms with Crippen molar-refractivity contribution in [2.75, 3.05) is 14.7 Å². The molecule has 0 saturated carbocycles. The van der Waals surface area contributed by atoms with Crippen molar-refractivity contribution < 1.29 is 0 Å². The van der Waals surface area contributed by atoms with Gasteiger partial charge in [0.1, 0.15) is 0 Å². The van der Waals surface area contributed by atoms with Crippen LogP contribution >= 0.6 is 22.9 Å². The van der Waals surface area contributed by atoms with Gasteiger partial charge in [-0.2, -0.15) is 0 Å². The summed E-state index contributed by atoms with van der Waals surface area (Å²) in [5, 5.41) is 11.7. The zero-order valence-electron chi connectivity index (χ0n) is 52.2. The second kappa shape index (κ2) is 21.9. The molecule has 5 heteroatoms. The van der Waals surface area contributed by atoms with E-state index in [1.54, 1.807) is 11.3 Å². The number of rotatable bonds is 11. The summed E-state index contributed by atoms with van der Waals surface area (Å²) >= 11 is 10.4. The van der Waals surface area contributed by atoms with E-state index in [0.29, 0.717) is 5.02 Å². The van der Waals surface area contributed by atoms with Gasteiger partial charge in [0.2, 0.25) is 0 Å². The number of fused-ring (bicyclic) bond motifs is 1. The standard InChI is InChI=1S/C82H76ClN3S/c1-79(2,3)57-37-41-62(42-38-57)85(74-52-87-75-46-40-59(48-69(74)75)81(7,8)9)72-49-60(82(10,11)12)50-73(78(72)83)86(64-30-22-29-63(51-64)84(61-27-17-14-18-28-61)70-32-20-19-31-65(70)53-23-15-13-16-24-53)71-45-39-58(80(4,5)6)47-68(71)66-43-35-56-34-33-54-25-21-26-55-36-44-67(66)77(56)76(54)55/h13-52H,1-12H3. The highest BCUT2D eigenvalue weighted by molar-refractivity contribution is 7.17. The predicted octanol–water partition coefficient (Wildman–Crippen LogP) is 25.4. The summed E-state index contributed by atoms with van der Waals surface area (Å²) in [5.41, 5.74) is 18.0. The van der Waals surface area contributed by atoms with Gasteiger partial charge in [0.25, 0.3) is 0 Å². The predicted molar refractivity (Wildman–Crippen MR) is 380 cm³/mol. The van der Waals surface area contributed by atoms with Crippen LogP contribution in [0.3, 0.4) is 0 Å². The Labute approximate surface area is 524 Å². The van der Waals surface area contributed by atoms with E-state index in [0.717, 1.165) is 79.0 Å². The van der Waals surface area contributed by atoms with Gasteiger partial charge in [0.05, 0.1) is 33.5 Å². The lowest BCUT2D eigenvalue weighted by Crippen LogP contribution is -2.20. The van der Waals surface area contributed by atoms with E-state index in [-0.39, 0.29) is 21.7 Å². The number of halogens is 1. The van der Waals surface area contributed by atoms with Crippen LogP contribution < -0.4 is 14.7 Å². The van der Waals surface area contributed by atoms with Gasteiger partial charge in [0, 0.05) is 49.3 Å². The number of para-hydroxylation sites is 2. The van der Waals surface area contributed by atoms with Crippen molar-refractivity contribution in [1.82, 2.24) is 0 Å². The molecule has 12 aromatic carbocycles. The first-order chi connectivity index (χ1) is 41.6. The molecule has 0 aliphatic rings. The van der Waals surface area contributed by atoms with E-state index in [9.17, 15) is 0 Å². The summed E-state index contributed by atoms with van der Waals surface area (Å²) in [6.45, 7) is 27.7. The summed E-state index contributed by atoms with van der Waals surface area (Å²) in [5.74, 6) is 0. The summed E-state index contributed by atoms with van der Waals surface area (Å²) < 4.78 is 1.23. The maximum Gasteiger partial charge on any atom is 0.0887 e. The quantitative estimate of drug-likeness (QED) is 0.120. The normalized spacial score (nSPS) is 12.4. The molecule has 13 rings (SSSR count). The summed E-state index contributed by atoms with van der Waals surface area (Å²) in [4.78, 5) is 7.32. The summed E-state index contributed by atoms with van der Waals surface area (Å²) in [6, 6.07) is 88.0. The van der Waals surface area contributed by atoms with Gasteiger partial charge >= 0.3 is 0 Å². The van der Waals surface area contributed by atoms with Crippen LogP contribution in [-0.4, -0.2) is 0 Å². The van der Waals surface area contributed by atoms with E-state index in [1.165, 1.54) is 59.1 Å². The lowest BCUT2D eigenvalue weighted by molar-refractivity contribution is 0.589. The van der Waals surface area contributed by atoms with Gasteiger partial charge in [0.15, 0.2) is 0 Å². The summed E-state index contributed by atoms with van der Waals surface area (Å²) in [6.07, 6.45) is 0. The fraction of sp³-hybridized carbons (Fsp3) is 0.195. The van der Waals surface area contributed by atoms with Crippen molar-refractivity contribution in [2.45, 2.75) is 105 Å². The maximum absolute atomic E-state index is 8.64. The molecule has 1 heterocycles. The summed E-state index contributed by atoms with van der Waals surface area (Å²) in [7, 11) is 0.